The molecule has 0 saturated carbocycles. The van der Waals surface area contributed by atoms with Gasteiger partial charge in [-0.15, -0.1) is 0 Å². The summed E-state index contributed by atoms with van der Waals surface area (Å²) in [6, 6.07) is 3.36. The molecule has 1 aromatic carbocycles. The summed E-state index contributed by atoms with van der Waals surface area (Å²) in [6.07, 6.45) is 0.850. The molecule has 0 radical (unpaired) electrons. The van der Waals surface area contributed by atoms with Gasteiger partial charge >= 0.3 is 0 Å². The lowest BCUT2D eigenvalue weighted by molar-refractivity contribution is -0.121. The third kappa shape index (κ3) is 5.72. The van der Waals surface area contributed by atoms with Crippen molar-refractivity contribution in [3.63, 3.8) is 0 Å². The lowest BCUT2D eigenvalue weighted by Crippen LogP contribution is -2.35. The van der Waals surface area contributed by atoms with Crippen LogP contribution in [0.2, 0.25) is 0 Å². The van der Waals surface area contributed by atoms with Gasteiger partial charge in [0.15, 0.2) is 0 Å². The predicted molar refractivity (Wildman–Crippen MR) is 81.8 cm³/mol. The zero-order valence-electron chi connectivity index (χ0n) is 11.8. The number of halogens is 2. The maximum absolute atomic E-state index is 13.0. The highest BCUT2D eigenvalue weighted by atomic mass is 79.9. The van der Waals surface area contributed by atoms with E-state index in [0.29, 0.717) is 0 Å². The van der Waals surface area contributed by atoms with E-state index in [1.807, 2.05) is 13.8 Å². The average Bonchev–Trinajstić information content (AvgIpc) is 2.37. The molecule has 0 fully saturated rings. The highest BCUT2D eigenvalue weighted by Crippen LogP contribution is 2.22. The first-order valence-corrected chi connectivity index (χ1v) is 8.78. The Labute approximate surface area is 132 Å². The molecule has 1 rings (SSSR count). The fourth-order valence-corrected chi connectivity index (χ4v) is 3.60. The topological polar surface area (TPSA) is 75.3 Å². The molecular weight excluding hydrogens is 363 g/mol. The Bertz CT molecular complexity index is 607. The first kappa shape index (κ1) is 18.1. The first-order valence-electron chi connectivity index (χ1n) is 6.50. The molecule has 0 aliphatic heterocycles. The fourth-order valence-electron chi connectivity index (χ4n) is 1.52. The summed E-state index contributed by atoms with van der Waals surface area (Å²) in [5.74, 6) is -0.751. The predicted octanol–water partition coefficient (Wildman–Crippen LogP) is 2.17. The highest BCUT2D eigenvalue weighted by molar-refractivity contribution is 9.10. The molecule has 1 atom stereocenters. The van der Waals surface area contributed by atoms with E-state index in [1.165, 1.54) is 6.07 Å². The summed E-state index contributed by atoms with van der Waals surface area (Å²) in [7, 11) is -3.78. The highest BCUT2D eigenvalue weighted by Gasteiger charge is 2.18. The molecular formula is C13H18BrFN2O3S. The summed E-state index contributed by atoms with van der Waals surface area (Å²) in [5.41, 5.74) is 0. The Morgan fingerprint density at radius 1 is 1.43 bits per heavy atom. The van der Waals surface area contributed by atoms with Crippen molar-refractivity contribution in [2.45, 2.75) is 37.6 Å². The molecule has 0 bridgehead atoms. The number of hydrogen-bond donors (Lipinski definition) is 2. The molecule has 1 unspecified atom stereocenters. The van der Waals surface area contributed by atoms with Gasteiger partial charge in [0.05, 0.1) is 4.90 Å². The van der Waals surface area contributed by atoms with Crippen LogP contribution in [0.4, 0.5) is 4.39 Å². The number of benzene rings is 1. The smallest absolute Gasteiger partial charge is 0.241 e. The molecule has 0 aliphatic carbocycles. The molecule has 21 heavy (non-hydrogen) atoms. The van der Waals surface area contributed by atoms with Crippen LogP contribution in [0.3, 0.4) is 0 Å². The van der Waals surface area contributed by atoms with Crippen LogP contribution in [-0.2, 0) is 14.8 Å². The average molecular weight is 381 g/mol. The van der Waals surface area contributed by atoms with Gasteiger partial charge < -0.3 is 5.32 Å². The molecule has 0 spiro atoms. The summed E-state index contributed by atoms with van der Waals surface area (Å²) < 4.78 is 39.5. The van der Waals surface area contributed by atoms with E-state index in [1.54, 1.807) is 0 Å². The van der Waals surface area contributed by atoms with Crippen molar-refractivity contribution in [3.8, 4) is 0 Å². The monoisotopic (exact) mass is 380 g/mol. The van der Waals surface area contributed by atoms with E-state index < -0.39 is 15.8 Å². The SMILES string of the molecule is CCC(C)NC(=O)CCNS(=O)(=O)c1ccc(F)cc1Br. The molecule has 1 aromatic rings. The van der Waals surface area contributed by atoms with E-state index in [9.17, 15) is 17.6 Å². The third-order valence-corrected chi connectivity index (χ3v) is 5.29. The molecule has 0 aliphatic rings. The van der Waals surface area contributed by atoms with Gasteiger partial charge in [0, 0.05) is 23.5 Å². The second kappa shape index (κ2) is 7.86. The van der Waals surface area contributed by atoms with Crippen molar-refractivity contribution < 1.29 is 17.6 Å². The molecule has 8 heteroatoms. The van der Waals surface area contributed by atoms with E-state index in [2.05, 4.69) is 26.0 Å². The zero-order chi connectivity index (χ0) is 16.0. The minimum Gasteiger partial charge on any atom is -0.354 e. The number of nitrogens with one attached hydrogen (secondary N) is 2. The summed E-state index contributed by atoms with van der Waals surface area (Å²) >= 11 is 3.01. The van der Waals surface area contributed by atoms with Crippen LogP contribution in [-0.4, -0.2) is 26.9 Å². The van der Waals surface area contributed by atoms with Crippen LogP contribution in [0.15, 0.2) is 27.6 Å². The van der Waals surface area contributed by atoms with Gasteiger partial charge in [-0.2, -0.15) is 0 Å². The molecule has 0 heterocycles. The number of rotatable bonds is 7. The van der Waals surface area contributed by atoms with Crippen molar-refractivity contribution in [1.29, 1.82) is 0 Å². The molecule has 1 amide bonds. The summed E-state index contributed by atoms with van der Waals surface area (Å²) in [5, 5.41) is 2.74. The van der Waals surface area contributed by atoms with E-state index in [4.69, 9.17) is 0 Å². The van der Waals surface area contributed by atoms with Gasteiger partial charge in [0.25, 0.3) is 0 Å². The van der Waals surface area contributed by atoms with Crippen molar-refractivity contribution in [3.05, 3.63) is 28.5 Å². The van der Waals surface area contributed by atoms with Crippen LogP contribution < -0.4 is 10.0 Å². The lowest BCUT2D eigenvalue weighted by atomic mass is 10.2. The largest absolute Gasteiger partial charge is 0.354 e. The van der Waals surface area contributed by atoms with Crippen LogP contribution in [0, 0.1) is 5.82 Å². The Hall–Kier alpha value is -0.990. The van der Waals surface area contributed by atoms with E-state index in [0.717, 1.165) is 18.6 Å². The van der Waals surface area contributed by atoms with E-state index in [-0.39, 0.29) is 34.3 Å². The minimum atomic E-state index is -3.78. The van der Waals surface area contributed by atoms with Crippen molar-refractivity contribution in [2.75, 3.05) is 6.54 Å². The second-order valence-electron chi connectivity index (χ2n) is 4.60. The van der Waals surface area contributed by atoms with Gasteiger partial charge in [0.2, 0.25) is 15.9 Å². The number of hydrogen-bond acceptors (Lipinski definition) is 3. The van der Waals surface area contributed by atoms with Gasteiger partial charge in [-0.25, -0.2) is 17.5 Å². The standard InChI is InChI=1S/C13H18BrFN2O3S/c1-3-9(2)17-13(18)6-7-16-21(19,20)12-5-4-10(15)8-11(12)14/h4-5,8-9,16H,3,6-7H2,1-2H3,(H,17,18). The normalized spacial score (nSPS) is 13.0. The van der Waals surface area contributed by atoms with Gasteiger partial charge in [-0.3, -0.25) is 4.79 Å². The summed E-state index contributed by atoms with van der Waals surface area (Å²) in [6.45, 7) is 3.80. The van der Waals surface area contributed by atoms with Crippen molar-refractivity contribution >= 4 is 31.9 Å². The summed E-state index contributed by atoms with van der Waals surface area (Å²) in [4.78, 5) is 11.5. The Kier molecular flexibility index (Phi) is 6.76. The molecule has 118 valence electrons. The maximum Gasteiger partial charge on any atom is 0.241 e. The van der Waals surface area contributed by atoms with Crippen LogP contribution in [0.1, 0.15) is 26.7 Å². The van der Waals surface area contributed by atoms with Crippen molar-refractivity contribution in [2.24, 2.45) is 0 Å². The Balaban J connectivity index is 2.60. The fraction of sp³-hybridized carbons (Fsp3) is 0.462. The van der Waals surface area contributed by atoms with Crippen LogP contribution in [0.5, 0.6) is 0 Å². The van der Waals surface area contributed by atoms with E-state index >= 15 is 0 Å². The zero-order valence-corrected chi connectivity index (χ0v) is 14.2. The van der Waals surface area contributed by atoms with Crippen molar-refractivity contribution in [1.82, 2.24) is 10.0 Å². The molecule has 0 saturated heterocycles. The van der Waals surface area contributed by atoms with Gasteiger partial charge in [0.1, 0.15) is 5.82 Å². The Morgan fingerprint density at radius 2 is 2.10 bits per heavy atom. The number of carbonyl (C=O) groups is 1. The van der Waals surface area contributed by atoms with Crippen LogP contribution >= 0.6 is 15.9 Å². The minimum absolute atomic E-state index is 0.0194. The number of carbonyl (C=O) groups excluding carboxylic acids is 1. The second-order valence-corrected chi connectivity index (χ2v) is 7.19. The molecule has 5 nitrogen and oxygen atoms in total. The first-order chi connectivity index (χ1) is 9.76. The van der Waals surface area contributed by atoms with Crippen LogP contribution in [0.25, 0.3) is 0 Å². The molecule has 2 N–H and O–H groups in total. The number of amides is 1. The third-order valence-electron chi connectivity index (χ3n) is 2.85. The number of sulfonamides is 1. The maximum atomic E-state index is 13.0. The lowest BCUT2D eigenvalue weighted by Gasteiger charge is -2.12. The quantitative estimate of drug-likeness (QED) is 0.760. The van der Waals surface area contributed by atoms with Gasteiger partial charge in [-0.1, -0.05) is 6.92 Å². The molecule has 0 aromatic heterocycles. The van der Waals surface area contributed by atoms with Gasteiger partial charge in [-0.05, 0) is 47.5 Å². The Morgan fingerprint density at radius 3 is 2.67 bits per heavy atom.